The zero-order valence-corrected chi connectivity index (χ0v) is 17.1. The van der Waals surface area contributed by atoms with Gasteiger partial charge < -0.3 is 21.1 Å². The smallest absolute Gasteiger partial charge is 0.388 e. The Morgan fingerprint density at radius 1 is 1.31 bits per heavy atom. The van der Waals surface area contributed by atoms with Crippen LogP contribution in [0.5, 0.6) is 0 Å². The van der Waals surface area contributed by atoms with Crippen LogP contribution in [0.3, 0.4) is 0 Å². The molecule has 1 fully saturated rings. The molecule has 6 nitrogen and oxygen atoms in total. The number of hydrogen-bond donors (Lipinski definition) is 4. The van der Waals surface area contributed by atoms with E-state index < -0.39 is 35.2 Å². The fourth-order valence-electron chi connectivity index (χ4n) is 3.41. The summed E-state index contributed by atoms with van der Waals surface area (Å²) in [4.78, 5) is 16.4. The normalized spacial score (nSPS) is 21.5. The number of nitrogens with zero attached hydrogens (tertiary/aromatic N) is 1. The molecule has 29 heavy (non-hydrogen) atoms. The SMILES string of the molecule is O=C(NCC1(O)CCCCC1)C1=C(C(F)(F)F)NC(Nc2cccc(Br)c2)N=C1. The van der Waals surface area contributed by atoms with Crippen LogP contribution < -0.4 is 16.0 Å². The molecule has 1 aliphatic carbocycles. The van der Waals surface area contributed by atoms with Crippen molar-refractivity contribution in [2.24, 2.45) is 4.99 Å². The van der Waals surface area contributed by atoms with E-state index in [1.54, 1.807) is 24.3 Å². The summed E-state index contributed by atoms with van der Waals surface area (Å²) in [6.07, 6.45) is -1.24. The second-order valence-corrected chi connectivity index (χ2v) is 8.15. The number of halogens is 4. The number of alkyl halides is 3. The zero-order valence-electron chi connectivity index (χ0n) is 15.5. The molecule has 0 saturated heterocycles. The van der Waals surface area contributed by atoms with E-state index in [2.05, 4.69) is 36.9 Å². The van der Waals surface area contributed by atoms with Crippen molar-refractivity contribution in [2.45, 2.75) is 50.2 Å². The molecule has 1 atom stereocenters. The number of rotatable bonds is 5. The quantitative estimate of drug-likeness (QED) is 0.526. The van der Waals surface area contributed by atoms with Gasteiger partial charge in [-0.3, -0.25) is 4.79 Å². The van der Waals surface area contributed by atoms with Gasteiger partial charge in [-0.05, 0) is 31.0 Å². The largest absolute Gasteiger partial charge is 0.431 e. The number of carbonyl (C=O) groups is 1. The molecule has 1 unspecified atom stereocenters. The lowest BCUT2D eigenvalue weighted by Gasteiger charge is -2.32. The van der Waals surface area contributed by atoms with Crippen molar-refractivity contribution in [1.82, 2.24) is 10.6 Å². The van der Waals surface area contributed by atoms with Crippen molar-refractivity contribution < 1.29 is 23.1 Å². The highest BCUT2D eigenvalue weighted by atomic mass is 79.9. The van der Waals surface area contributed by atoms with E-state index in [9.17, 15) is 23.1 Å². The van der Waals surface area contributed by atoms with Gasteiger partial charge in [0.1, 0.15) is 5.70 Å². The standard InChI is InChI=1S/C19H22BrF3N4O2/c20-12-5-4-6-13(9-12)26-17-24-10-14(15(27-17)19(21,22)23)16(28)25-11-18(29)7-2-1-3-8-18/h4-6,9-10,17,26-27,29H,1-3,7-8,11H2,(H,25,28). The Morgan fingerprint density at radius 2 is 2.03 bits per heavy atom. The van der Waals surface area contributed by atoms with Gasteiger partial charge in [-0.2, -0.15) is 13.2 Å². The minimum absolute atomic E-state index is 0.0893. The maximum Gasteiger partial charge on any atom is 0.431 e. The van der Waals surface area contributed by atoms with Crippen molar-refractivity contribution in [1.29, 1.82) is 0 Å². The zero-order chi connectivity index (χ0) is 21.1. The second kappa shape index (κ2) is 8.74. The Balaban J connectivity index is 1.71. The number of benzene rings is 1. The number of carbonyl (C=O) groups excluding carboxylic acids is 1. The summed E-state index contributed by atoms with van der Waals surface area (Å²) < 4.78 is 41.4. The van der Waals surface area contributed by atoms with Crippen LogP contribution in [0, 0.1) is 0 Å². The number of hydrogen-bond acceptors (Lipinski definition) is 5. The molecule has 0 spiro atoms. The van der Waals surface area contributed by atoms with Gasteiger partial charge in [-0.1, -0.05) is 41.3 Å². The van der Waals surface area contributed by atoms with Crippen LogP contribution in [-0.4, -0.2) is 41.8 Å². The highest BCUT2D eigenvalue weighted by molar-refractivity contribution is 9.10. The molecule has 1 saturated carbocycles. The average Bonchev–Trinajstić information content (AvgIpc) is 2.66. The van der Waals surface area contributed by atoms with Gasteiger partial charge in [-0.15, -0.1) is 0 Å². The van der Waals surface area contributed by atoms with E-state index in [1.807, 2.05) is 0 Å². The first kappa shape index (κ1) is 21.6. The third-order valence-corrected chi connectivity index (χ3v) is 5.41. The van der Waals surface area contributed by atoms with Crippen LogP contribution in [0.2, 0.25) is 0 Å². The number of aliphatic imine (C=N–C) groups is 1. The van der Waals surface area contributed by atoms with E-state index in [0.717, 1.165) is 29.9 Å². The van der Waals surface area contributed by atoms with E-state index in [4.69, 9.17) is 0 Å². The first-order valence-corrected chi connectivity index (χ1v) is 10.1. The third kappa shape index (κ3) is 5.72. The van der Waals surface area contributed by atoms with Crippen LogP contribution >= 0.6 is 15.9 Å². The van der Waals surface area contributed by atoms with Crippen molar-refractivity contribution in [2.75, 3.05) is 11.9 Å². The van der Waals surface area contributed by atoms with Crippen LogP contribution in [0.25, 0.3) is 0 Å². The monoisotopic (exact) mass is 474 g/mol. The number of nitrogens with one attached hydrogen (secondary N) is 3. The van der Waals surface area contributed by atoms with Gasteiger partial charge in [0.25, 0.3) is 5.91 Å². The Kier molecular flexibility index (Phi) is 6.52. The number of aliphatic hydroxyl groups is 1. The van der Waals surface area contributed by atoms with Gasteiger partial charge in [0.15, 0.2) is 6.29 Å². The lowest BCUT2D eigenvalue weighted by molar-refractivity contribution is -0.121. The van der Waals surface area contributed by atoms with Crippen LogP contribution in [0.4, 0.5) is 18.9 Å². The Bertz CT molecular complexity index is 820. The van der Waals surface area contributed by atoms with E-state index in [1.165, 1.54) is 0 Å². The molecule has 0 aromatic heterocycles. The Morgan fingerprint density at radius 3 is 2.69 bits per heavy atom. The lowest BCUT2D eigenvalue weighted by Crippen LogP contribution is -2.48. The lowest BCUT2D eigenvalue weighted by atomic mass is 9.85. The van der Waals surface area contributed by atoms with E-state index in [0.29, 0.717) is 18.5 Å². The number of allylic oxidation sites excluding steroid dienone is 1. The van der Waals surface area contributed by atoms with E-state index >= 15 is 0 Å². The molecule has 158 valence electrons. The molecular formula is C19H22BrF3N4O2. The number of amides is 1. The molecule has 3 rings (SSSR count). The highest BCUT2D eigenvalue weighted by Gasteiger charge is 2.41. The van der Waals surface area contributed by atoms with Gasteiger partial charge in [0.05, 0.1) is 11.2 Å². The molecule has 1 aromatic carbocycles. The second-order valence-electron chi connectivity index (χ2n) is 7.23. The van der Waals surface area contributed by atoms with Gasteiger partial charge in [0.2, 0.25) is 0 Å². The summed E-state index contributed by atoms with van der Waals surface area (Å²) in [7, 11) is 0. The summed E-state index contributed by atoms with van der Waals surface area (Å²) >= 11 is 3.29. The van der Waals surface area contributed by atoms with Gasteiger partial charge in [-0.25, -0.2) is 4.99 Å². The predicted octanol–water partition coefficient (Wildman–Crippen LogP) is 3.45. The predicted molar refractivity (Wildman–Crippen MR) is 107 cm³/mol. The summed E-state index contributed by atoms with van der Waals surface area (Å²) in [6, 6.07) is 6.90. The Labute approximate surface area is 174 Å². The van der Waals surface area contributed by atoms with Crippen molar-refractivity contribution in [3.8, 4) is 0 Å². The highest BCUT2D eigenvalue weighted by Crippen LogP contribution is 2.30. The molecule has 0 radical (unpaired) electrons. The molecule has 1 amide bonds. The summed E-state index contributed by atoms with van der Waals surface area (Å²) in [5.41, 5.74) is -2.29. The maximum atomic E-state index is 13.6. The summed E-state index contributed by atoms with van der Waals surface area (Å²) in [5.74, 6) is -0.923. The van der Waals surface area contributed by atoms with Crippen LogP contribution in [0.15, 0.2) is 45.0 Å². The van der Waals surface area contributed by atoms with Gasteiger partial charge in [0, 0.05) is 22.9 Å². The minimum atomic E-state index is -4.77. The molecule has 10 heteroatoms. The van der Waals surface area contributed by atoms with E-state index in [-0.39, 0.29) is 6.54 Å². The fraction of sp³-hybridized carbons (Fsp3) is 0.474. The molecule has 1 aliphatic heterocycles. The first-order chi connectivity index (χ1) is 13.7. The summed E-state index contributed by atoms with van der Waals surface area (Å²) in [6.45, 7) is -0.0893. The molecule has 4 N–H and O–H groups in total. The van der Waals surface area contributed by atoms with Crippen molar-refractivity contribution >= 4 is 33.7 Å². The first-order valence-electron chi connectivity index (χ1n) is 9.30. The van der Waals surface area contributed by atoms with Crippen molar-refractivity contribution in [3.63, 3.8) is 0 Å². The third-order valence-electron chi connectivity index (χ3n) is 4.92. The maximum absolute atomic E-state index is 13.6. The summed E-state index contributed by atoms with van der Waals surface area (Å²) in [5, 5.41) is 18.0. The minimum Gasteiger partial charge on any atom is -0.388 e. The molecule has 2 aliphatic rings. The van der Waals surface area contributed by atoms with Crippen molar-refractivity contribution in [3.05, 3.63) is 40.0 Å². The molecule has 1 aromatic rings. The Hall–Kier alpha value is -2.07. The van der Waals surface area contributed by atoms with Crippen LogP contribution in [-0.2, 0) is 4.79 Å². The molecule has 0 bridgehead atoms. The fourth-order valence-corrected chi connectivity index (χ4v) is 3.81. The topological polar surface area (TPSA) is 85.8 Å². The molecule has 1 heterocycles. The number of anilines is 1. The van der Waals surface area contributed by atoms with Crippen LogP contribution in [0.1, 0.15) is 32.1 Å². The molecular weight excluding hydrogens is 453 g/mol. The average molecular weight is 475 g/mol. The van der Waals surface area contributed by atoms with Gasteiger partial charge >= 0.3 is 6.18 Å².